The van der Waals surface area contributed by atoms with Gasteiger partial charge in [-0.1, -0.05) is 42.1 Å². The molecule has 1 atom stereocenters. The second-order valence-electron chi connectivity index (χ2n) is 6.47. The van der Waals surface area contributed by atoms with Crippen molar-refractivity contribution in [2.75, 3.05) is 40.4 Å². The Labute approximate surface area is 169 Å². The highest BCUT2D eigenvalue weighted by atomic mass is 32.2. The first-order valence-corrected chi connectivity index (χ1v) is 11.2. The number of thioether (sulfide) groups is 1. The summed E-state index contributed by atoms with van der Waals surface area (Å²) in [5.41, 5.74) is 0.885. The Morgan fingerprint density at radius 1 is 1.14 bits per heavy atom. The minimum atomic E-state index is -3.54. The van der Waals surface area contributed by atoms with Gasteiger partial charge in [0, 0.05) is 33.4 Å². The maximum Gasteiger partial charge on any atom is 0.244 e. The van der Waals surface area contributed by atoms with Gasteiger partial charge in [0.25, 0.3) is 0 Å². The number of benzene rings is 1. The summed E-state index contributed by atoms with van der Waals surface area (Å²) in [5.74, 6) is 0.00582. The lowest BCUT2D eigenvalue weighted by molar-refractivity contribution is -0.134. The molecule has 28 heavy (non-hydrogen) atoms. The highest BCUT2D eigenvalue weighted by Gasteiger charge is 2.28. The van der Waals surface area contributed by atoms with E-state index in [1.165, 1.54) is 38.1 Å². The van der Waals surface area contributed by atoms with Crippen LogP contribution >= 0.6 is 11.8 Å². The fourth-order valence-corrected chi connectivity index (χ4v) is 4.65. The van der Waals surface area contributed by atoms with Gasteiger partial charge in [-0.05, 0) is 17.7 Å². The van der Waals surface area contributed by atoms with Crippen LogP contribution in [0.2, 0.25) is 0 Å². The van der Waals surface area contributed by atoms with Crippen molar-refractivity contribution in [1.82, 2.24) is 14.2 Å². The zero-order chi connectivity index (χ0) is 20.1. The number of morpholine rings is 1. The quantitative estimate of drug-likeness (QED) is 0.664. The number of amides is 1. The molecule has 1 aromatic heterocycles. The number of ether oxygens (including phenoxy) is 1. The predicted octanol–water partition coefficient (Wildman–Crippen LogP) is 2.02. The van der Waals surface area contributed by atoms with Crippen molar-refractivity contribution in [3.63, 3.8) is 0 Å². The number of nitrogens with zero attached hydrogens (tertiary/aromatic N) is 3. The van der Waals surface area contributed by atoms with Crippen molar-refractivity contribution in [3.8, 4) is 0 Å². The Bertz CT molecular complexity index is 897. The molecule has 0 radical (unpaired) electrons. The minimum absolute atomic E-state index is 0.00582. The molecule has 150 valence electrons. The molecule has 0 aliphatic carbocycles. The van der Waals surface area contributed by atoms with Crippen LogP contribution in [-0.2, 0) is 19.6 Å². The van der Waals surface area contributed by atoms with Gasteiger partial charge in [0.05, 0.1) is 18.2 Å². The zero-order valence-corrected chi connectivity index (χ0v) is 17.4. The van der Waals surface area contributed by atoms with Crippen molar-refractivity contribution in [2.24, 2.45) is 0 Å². The van der Waals surface area contributed by atoms with E-state index >= 15 is 0 Å². The van der Waals surface area contributed by atoms with Crippen molar-refractivity contribution in [3.05, 3.63) is 54.2 Å². The Morgan fingerprint density at radius 2 is 1.82 bits per heavy atom. The number of hydrogen-bond donors (Lipinski definition) is 0. The first-order valence-electron chi connectivity index (χ1n) is 8.86. The van der Waals surface area contributed by atoms with E-state index in [1.54, 1.807) is 11.0 Å². The van der Waals surface area contributed by atoms with Gasteiger partial charge in [0.15, 0.2) is 0 Å². The largest absolute Gasteiger partial charge is 0.378 e. The number of carbonyl (C=O) groups excluding carboxylic acids is 1. The Kier molecular flexibility index (Phi) is 6.71. The summed E-state index contributed by atoms with van der Waals surface area (Å²) in [4.78, 5) is 19.3. The molecule has 1 saturated heterocycles. The van der Waals surface area contributed by atoms with Crippen molar-refractivity contribution in [1.29, 1.82) is 0 Å². The van der Waals surface area contributed by atoms with E-state index in [-0.39, 0.29) is 10.8 Å². The monoisotopic (exact) mass is 421 g/mol. The standard InChI is InChI=1S/C19H23N3O4S2/c1-21(2)28(24,25)16-8-9-17(20-14-16)27-18(15-6-4-3-5-7-15)19(23)22-10-12-26-13-11-22/h3-9,14,18H,10-13H2,1-2H3/t18-/m1/s1. The number of hydrogen-bond acceptors (Lipinski definition) is 6. The van der Waals surface area contributed by atoms with Crippen LogP contribution in [0.25, 0.3) is 0 Å². The molecule has 0 bridgehead atoms. The molecule has 0 N–H and O–H groups in total. The van der Waals surface area contributed by atoms with Crippen LogP contribution in [0, 0.1) is 0 Å². The number of rotatable bonds is 6. The number of carbonyl (C=O) groups is 1. The van der Waals surface area contributed by atoms with Crippen LogP contribution in [0.15, 0.2) is 58.6 Å². The van der Waals surface area contributed by atoms with Crippen LogP contribution in [0.3, 0.4) is 0 Å². The van der Waals surface area contributed by atoms with Crippen LogP contribution < -0.4 is 0 Å². The predicted molar refractivity (Wildman–Crippen MR) is 108 cm³/mol. The molecular weight excluding hydrogens is 398 g/mol. The average molecular weight is 422 g/mol. The lowest BCUT2D eigenvalue weighted by atomic mass is 10.1. The SMILES string of the molecule is CN(C)S(=O)(=O)c1ccc(S[C@@H](C(=O)N2CCOCC2)c2ccccc2)nc1. The molecule has 2 aromatic rings. The van der Waals surface area contributed by atoms with Gasteiger partial charge < -0.3 is 9.64 Å². The molecule has 7 nitrogen and oxygen atoms in total. The van der Waals surface area contributed by atoms with Crippen molar-refractivity contribution in [2.45, 2.75) is 15.2 Å². The summed E-state index contributed by atoms with van der Waals surface area (Å²) < 4.78 is 30.9. The van der Waals surface area contributed by atoms with Crippen molar-refractivity contribution < 1.29 is 17.9 Å². The Balaban J connectivity index is 1.84. The van der Waals surface area contributed by atoms with E-state index in [4.69, 9.17) is 4.74 Å². The maximum absolute atomic E-state index is 13.1. The number of pyridine rings is 1. The van der Waals surface area contributed by atoms with E-state index in [9.17, 15) is 13.2 Å². The summed E-state index contributed by atoms with van der Waals surface area (Å²) >= 11 is 1.32. The fourth-order valence-electron chi connectivity index (χ4n) is 2.76. The van der Waals surface area contributed by atoms with Gasteiger partial charge in [-0.3, -0.25) is 4.79 Å². The van der Waals surface area contributed by atoms with Gasteiger partial charge >= 0.3 is 0 Å². The topological polar surface area (TPSA) is 79.8 Å². The lowest BCUT2D eigenvalue weighted by Crippen LogP contribution is -2.42. The van der Waals surface area contributed by atoms with E-state index in [2.05, 4.69) is 4.98 Å². The molecule has 1 fully saturated rings. The molecule has 1 aliphatic rings. The Morgan fingerprint density at radius 3 is 2.39 bits per heavy atom. The smallest absolute Gasteiger partial charge is 0.244 e. The first kappa shape index (κ1) is 20.8. The third kappa shape index (κ3) is 4.72. The summed E-state index contributed by atoms with van der Waals surface area (Å²) in [7, 11) is -0.582. The van der Waals surface area contributed by atoms with Crippen LogP contribution in [0.1, 0.15) is 10.8 Å². The lowest BCUT2D eigenvalue weighted by Gasteiger charge is -2.30. The number of aromatic nitrogens is 1. The van der Waals surface area contributed by atoms with Crippen molar-refractivity contribution >= 4 is 27.7 Å². The van der Waals surface area contributed by atoms with Gasteiger partial charge in [-0.15, -0.1) is 0 Å². The highest BCUT2D eigenvalue weighted by Crippen LogP contribution is 2.36. The molecule has 9 heteroatoms. The Hall–Kier alpha value is -1.94. The molecule has 2 heterocycles. The molecule has 1 aromatic carbocycles. The molecule has 3 rings (SSSR count). The van der Waals surface area contributed by atoms with Gasteiger partial charge in [0.2, 0.25) is 15.9 Å². The number of sulfonamides is 1. The third-order valence-corrected chi connectivity index (χ3v) is 7.37. The molecule has 1 amide bonds. The molecule has 0 saturated carbocycles. The fraction of sp³-hybridized carbons (Fsp3) is 0.368. The molecular formula is C19H23N3O4S2. The molecule has 0 unspecified atom stereocenters. The average Bonchev–Trinajstić information content (AvgIpc) is 2.73. The minimum Gasteiger partial charge on any atom is -0.378 e. The zero-order valence-electron chi connectivity index (χ0n) is 15.8. The molecule has 0 spiro atoms. The second kappa shape index (κ2) is 9.04. The maximum atomic E-state index is 13.1. The van der Waals surface area contributed by atoms with Gasteiger partial charge in [-0.25, -0.2) is 17.7 Å². The molecule has 1 aliphatic heterocycles. The first-order chi connectivity index (χ1) is 13.4. The summed E-state index contributed by atoms with van der Waals surface area (Å²) in [6, 6.07) is 12.7. The summed E-state index contributed by atoms with van der Waals surface area (Å²) in [6.07, 6.45) is 1.33. The highest BCUT2D eigenvalue weighted by molar-refractivity contribution is 8.00. The summed E-state index contributed by atoms with van der Waals surface area (Å²) in [6.45, 7) is 2.20. The van der Waals surface area contributed by atoms with Gasteiger partial charge in [-0.2, -0.15) is 0 Å². The van der Waals surface area contributed by atoms with E-state index < -0.39 is 15.3 Å². The second-order valence-corrected chi connectivity index (χ2v) is 9.74. The normalized spacial score (nSPS) is 16.2. The van der Waals surface area contributed by atoms with Crippen LogP contribution in [0.4, 0.5) is 0 Å². The van der Waals surface area contributed by atoms with Crippen LogP contribution in [0.5, 0.6) is 0 Å². The van der Waals surface area contributed by atoms with E-state index in [1.807, 2.05) is 30.3 Å². The van der Waals surface area contributed by atoms with E-state index in [0.29, 0.717) is 31.3 Å². The third-order valence-electron chi connectivity index (χ3n) is 4.38. The summed E-state index contributed by atoms with van der Waals surface area (Å²) in [5, 5.41) is 0.135. The van der Waals surface area contributed by atoms with E-state index in [0.717, 1.165) is 9.87 Å². The van der Waals surface area contributed by atoms with Gasteiger partial charge in [0.1, 0.15) is 10.1 Å². The van der Waals surface area contributed by atoms with Crippen LogP contribution in [-0.4, -0.2) is 68.9 Å².